The highest BCUT2D eigenvalue weighted by Crippen LogP contribution is 2.30. The standard InChI is InChI=1S/C14H11FN2/c15-8-9-4-3-7-12-13(9)10-5-1-2-6-11(10)14(16)17-12/h1-7H,8H2,(H2,16,17). The Balaban J connectivity index is 2.60. The number of halogens is 1. The number of aromatic nitrogens is 1. The molecule has 3 heteroatoms. The van der Waals surface area contributed by atoms with Gasteiger partial charge in [-0.3, -0.25) is 0 Å². The SMILES string of the molecule is Nc1nc2cccc(CF)c2c2ccccc12. The van der Waals surface area contributed by atoms with Gasteiger partial charge in [-0.05, 0) is 17.0 Å². The van der Waals surface area contributed by atoms with Gasteiger partial charge in [-0.1, -0.05) is 36.4 Å². The van der Waals surface area contributed by atoms with E-state index in [0.717, 1.165) is 21.7 Å². The number of hydrogen-bond acceptors (Lipinski definition) is 2. The molecule has 0 radical (unpaired) electrons. The number of nitrogen functional groups attached to an aromatic ring is 1. The van der Waals surface area contributed by atoms with Crippen LogP contribution in [0.2, 0.25) is 0 Å². The fraction of sp³-hybridized carbons (Fsp3) is 0.0714. The molecule has 0 aliphatic rings. The number of hydrogen-bond donors (Lipinski definition) is 1. The number of nitrogens with zero attached hydrogens (tertiary/aromatic N) is 1. The Labute approximate surface area is 97.9 Å². The van der Waals surface area contributed by atoms with Crippen LogP contribution in [-0.2, 0) is 6.67 Å². The summed E-state index contributed by atoms with van der Waals surface area (Å²) in [5.74, 6) is 0.490. The lowest BCUT2D eigenvalue weighted by atomic mass is 10.0. The van der Waals surface area contributed by atoms with Crippen molar-refractivity contribution < 1.29 is 4.39 Å². The monoisotopic (exact) mass is 226 g/mol. The predicted octanol–water partition coefficient (Wildman–Crippen LogP) is 3.44. The molecule has 0 aliphatic heterocycles. The first kappa shape index (κ1) is 10.0. The van der Waals surface area contributed by atoms with Gasteiger partial charge in [-0.15, -0.1) is 0 Å². The van der Waals surface area contributed by atoms with Gasteiger partial charge in [0.2, 0.25) is 0 Å². The highest BCUT2D eigenvalue weighted by Gasteiger charge is 2.08. The van der Waals surface area contributed by atoms with E-state index in [4.69, 9.17) is 5.73 Å². The number of fused-ring (bicyclic) bond motifs is 3. The van der Waals surface area contributed by atoms with Gasteiger partial charge >= 0.3 is 0 Å². The van der Waals surface area contributed by atoms with Crippen molar-refractivity contribution in [1.29, 1.82) is 0 Å². The zero-order valence-electron chi connectivity index (χ0n) is 9.15. The first-order valence-electron chi connectivity index (χ1n) is 5.43. The average Bonchev–Trinajstić information content (AvgIpc) is 2.38. The number of pyridine rings is 1. The van der Waals surface area contributed by atoms with E-state index in [1.165, 1.54) is 0 Å². The summed E-state index contributed by atoms with van der Waals surface area (Å²) >= 11 is 0. The summed E-state index contributed by atoms with van der Waals surface area (Å²) in [5, 5.41) is 2.70. The zero-order chi connectivity index (χ0) is 11.8. The lowest BCUT2D eigenvalue weighted by molar-refractivity contribution is 0.488. The normalized spacial score (nSPS) is 11.1. The number of benzene rings is 2. The molecule has 1 aromatic heterocycles. The molecule has 0 spiro atoms. The van der Waals surface area contributed by atoms with Crippen LogP contribution in [0.3, 0.4) is 0 Å². The minimum absolute atomic E-state index is 0.490. The van der Waals surface area contributed by atoms with Gasteiger partial charge in [0.1, 0.15) is 12.5 Å². The lowest BCUT2D eigenvalue weighted by Crippen LogP contribution is -1.95. The van der Waals surface area contributed by atoms with E-state index in [9.17, 15) is 4.39 Å². The third kappa shape index (κ3) is 1.43. The quantitative estimate of drug-likeness (QED) is 0.645. The minimum atomic E-state index is -0.493. The second-order valence-electron chi connectivity index (χ2n) is 3.99. The highest BCUT2D eigenvalue weighted by atomic mass is 19.1. The van der Waals surface area contributed by atoms with Gasteiger partial charge in [0.15, 0.2) is 0 Å². The Morgan fingerprint density at radius 2 is 1.76 bits per heavy atom. The molecule has 2 nitrogen and oxygen atoms in total. The van der Waals surface area contributed by atoms with Crippen molar-refractivity contribution >= 4 is 27.5 Å². The van der Waals surface area contributed by atoms with E-state index in [-0.39, 0.29) is 0 Å². The van der Waals surface area contributed by atoms with Crippen molar-refractivity contribution in [3.63, 3.8) is 0 Å². The Hall–Kier alpha value is -2.16. The smallest absolute Gasteiger partial charge is 0.131 e. The third-order valence-corrected chi connectivity index (χ3v) is 2.99. The summed E-state index contributed by atoms with van der Waals surface area (Å²) in [6.45, 7) is -0.493. The first-order chi connectivity index (χ1) is 8.31. The number of rotatable bonds is 1. The molecule has 3 rings (SSSR count). The van der Waals surface area contributed by atoms with Gasteiger partial charge in [0.05, 0.1) is 5.52 Å². The van der Waals surface area contributed by atoms with Crippen LogP contribution in [0.5, 0.6) is 0 Å². The maximum absolute atomic E-state index is 13.0. The average molecular weight is 226 g/mol. The van der Waals surface area contributed by atoms with Crippen LogP contribution in [0.1, 0.15) is 5.56 Å². The number of anilines is 1. The van der Waals surface area contributed by atoms with E-state index in [1.54, 1.807) is 12.1 Å². The summed E-state index contributed by atoms with van der Waals surface area (Å²) < 4.78 is 13.0. The van der Waals surface area contributed by atoms with Gasteiger partial charge in [-0.2, -0.15) is 0 Å². The fourth-order valence-corrected chi connectivity index (χ4v) is 2.22. The summed E-state index contributed by atoms with van der Waals surface area (Å²) in [6, 6.07) is 13.1. The molecule has 84 valence electrons. The molecule has 17 heavy (non-hydrogen) atoms. The molecule has 0 saturated carbocycles. The molecule has 0 saturated heterocycles. The molecule has 0 aliphatic carbocycles. The molecule has 2 aromatic carbocycles. The second kappa shape index (κ2) is 3.70. The van der Waals surface area contributed by atoms with Crippen LogP contribution < -0.4 is 5.73 Å². The van der Waals surface area contributed by atoms with Gasteiger partial charge in [0.25, 0.3) is 0 Å². The fourth-order valence-electron chi connectivity index (χ4n) is 2.22. The molecule has 1 heterocycles. The van der Waals surface area contributed by atoms with Crippen LogP contribution in [0, 0.1) is 0 Å². The van der Waals surface area contributed by atoms with Crippen LogP contribution >= 0.6 is 0 Å². The topological polar surface area (TPSA) is 38.9 Å². The largest absolute Gasteiger partial charge is 0.383 e. The van der Waals surface area contributed by atoms with Gasteiger partial charge in [-0.25, -0.2) is 9.37 Å². The van der Waals surface area contributed by atoms with Crippen molar-refractivity contribution in [1.82, 2.24) is 4.98 Å². The highest BCUT2D eigenvalue weighted by molar-refractivity contribution is 6.10. The minimum Gasteiger partial charge on any atom is -0.383 e. The summed E-state index contributed by atoms with van der Waals surface area (Å²) in [6.07, 6.45) is 0. The van der Waals surface area contributed by atoms with E-state index in [2.05, 4.69) is 4.98 Å². The maximum Gasteiger partial charge on any atom is 0.131 e. The second-order valence-corrected chi connectivity index (χ2v) is 3.99. The van der Waals surface area contributed by atoms with Crippen LogP contribution in [-0.4, -0.2) is 4.98 Å². The van der Waals surface area contributed by atoms with Crippen molar-refractivity contribution in [3.8, 4) is 0 Å². The number of nitrogens with two attached hydrogens (primary N) is 1. The Bertz CT molecular complexity index is 707. The van der Waals surface area contributed by atoms with E-state index in [0.29, 0.717) is 11.4 Å². The first-order valence-corrected chi connectivity index (χ1v) is 5.43. The van der Waals surface area contributed by atoms with Gasteiger partial charge in [0, 0.05) is 10.8 Å². The summed E-state index contributed by atoms with van der Waals surface area (Å²) in [5.41, 5.74) is 7.31. The molecule has 2 N–H and O–H groups in total. The molecule has 0 fully saturated rings. The van der Waals surface area contributed by atoms with Crippen molar-refractivity contribution in [2.24, 2.45) is 0 Å². The molecule has 3 aromatic rings. The molecule has 0 atom stereocenters. The lowest BCUT2D eigenvalue weighted by Gasteiger charge is -2.08. The van der Waals surface area contributed by atoms with Crippen LogP contribution in [0.25, 0.3) is 21.7 Å². The van der Waals surface area contributed by atoms with Crippen molar-refractivity contribution in [2.45, 2.75) is 6.67 Å². The van der Waals surface area contributed by atoms with Crippen LogP contribution in [0.15, 0.2) is 42.5 Å². The predicted molar refractivity (Wildman–Crippen MR) is 68.5 cm³/mol. The van der Waals surface area contributed by atoms with Gasteiger partial charge < -0.3 is 5.73 Å². The Kier molecular flexibility index (Phi) is 2.18. The van der Waals surface area contributed by atoms with E-state index >= 15 is 0 Å². The van der Waals surface area contributed by atoms with E-state index < -0.39 is 6.67 Å². The Morgan fingerprint density at radius 1 is 1.00 bits per heavy atom. The molecular weight excluding hydrogens is 215 g/mol. The number of alkyl halides is 1. The van der Waals surface area contributed by atoms with Crippen molar-refractivity contribution in [3.05, 3.63) is 48.0 Å². The summed E-state index contributed by atoms with van der Waals surface area (Å²) in [7, 11) is 0. The maximum atomic E-state index is 13.0. The molecule has 0 unspecified atom stereocenters. The molecular formula is C14H11FN2. The van der Waals surface area contributed by atoms with Crippen LogP contribution in [0.4, 0.5) is 10.2 Å². The zero-order valence-corrected chi connectivity index (χ0v) is 9.15. The third-order valence-electron chi connectivity index (χ3n) is 2.99. The molecule has 0 bridgehead atoms. The molecule has 0 amide bonds. The summed E-state index contributed by atoms with van der Waals surface area (Å²) in [4.78, 5) is 4.32. The van der Waals surface area contributed by atoms with E-state index in [1.807, 2.05) is 30.3 Å². The van der Waals surface area contributed by atoms with Crippen molar-refractivity contribution in [2.75, 3.05) is 5.73 Å². The Morgan fingerprint density at radius 3 is 2.53 bits per heavy atom.